The number of rotatable bonds is 8. The first-order chi connectivity index (χ1) is 9.62. The van der Waals surface area contributed by atoms with Gasteiger partial charge in [-0.3, -0.25) is 4.79 Å². The molecule has 0 aliphatic rings. The normalized spacial score (nSPS) is 11.8. The molecular weight excluding hydrogens is 278 g/mol. The molecule has 1 unspecified atom stereocenters. The third-order valence-corrected chi connectivity index (χ3v) is 3.74. The molecule has 6 heteroatoms. The predicted octanol–water partition coefficient (Wildman–Crippen LogP) is 1.83. The van der Waals surface area contributed by atoms with E-state index in [9.17, 15) is 4.79 Å². The van der Waals surface area contributed by atoms with E-state index >= 15 is 0 Å². The summed E-state index contributed by atoms with van der Waals surface area (Å²) in [6.45, 7) is 2.11. The van der Waals surface area contributed by atoms with Gasteiger partial charge in [0.25, 0.3) is 0 Å². The number of benzene rings is 1. The molecule has 1 aromatic rings. The van der Waals surface area contributed by atoms with Gasteiger partial charge >= 0.3 is 5.97 Å². The highest BCUT2D eigenvalue weighted by Crippen LogP contribution is 2.27. The Balaban J connectivity index is 2.54. The van der Waals surface area contributed by atoms with Crippen LogP contribution in [0.3, 0.4) is 0 Å². The summed E-state index contributed by atoms with van der Waals surface area (Å²) in [4.78, 5) is 11.4. The summed E-state index contributed by atoms with van der Waals surface area (Å²) >= 11 is 1.56. The maximum Gasteiger partial charge on any atom is 0.323 e. The molecule has 112 valence electrons. The number of hydrogen-bond donors (Lipinski definition) is 1. The lowest BCUT2D eigenvalue weighted by atomic mass is 10.2. The number of ether oxygens (including phenoxy) is 3. The van der Waals surface area contributed by atoms with E-state index in [0.717, 1.165) is 17.1 Å². The first kappa shape index (κ1) is 16.7. The summed E-state index contributed by atoms with van der Waals surface area (Å²) in [5.74, 6) is 2.39. The average molecular weight is 299 g/mol. The van der Waals surface area contributed by atoms with Crippen LogP contribution in [-0.2, 0) is 15.3 Å². The van der Waals surface area contributed by atoms with Crippen LogP contribution in [0.4, 0.5) is 0 Å². The quantitative estimate of drug-likeness (QED) is 0.738. The molecular formula is C14H21NO4S. The van der Waals surface area contributed by atoms with Gasteiger partial charge < -0.3 is 19.9 Å². The lowest BCUT2D eigenvalue weighted by Gasteiger charge is -2.12. The van der Waals surface area contributed by atoms with Crippen molar-refractivity contribution in [3.63, 3.8) is 0 Å². The fourth-order valence-corrected chi connectivity index (χ4v) is 2.56. The van der Waals surface area contributed by atoms with Gasteiger partial charge in [-0.1, -0.05) is 0 Å². The Bertz CT molecular complexity index is 439. The van der Waals surface area contributed by atoms with Crippen LogP contribution in [0.5, 0.6) is 11.5 Å². The summed E-state index contributed by atoms with van der Waals surface area (Å²) in [6, 6.07) is 5.02. The van der Waals surface area contributed by atoms with E-state index in [4.69, 9.17) is 19.9 Å². The third kappa shape index (κ3) is 4.94. The van der Waals surface area contributed by atoms with Crippen molar-refractivity contribution < 1.29 is 19.0 Å². The van der Waals surface area contributed by atoms with Gasteiger partial charge in [-0.15, -0.1) is 0 Å². The maximum atomic E-state index is 11.4. The monoisotopic (exact) mass is 299 g/mol. The third-order valence-electron chi connectivity index (χ3n) is 2.63. The van der Waals surface area contributed by atoms with Crippen molar-refractivity contribution in [3.05, 3.63) is 23.8 Å². The minimum Gasteiger partial charge on any atom is -0.497 e. The van der Waals surface area contributed by atoms with E-state index in [2.05, 4.69) is 0 Å². The zero-order valence-electron chi connectivity index (χ0n) is 12.0. The summed E-state index contributed by atoms with van der Waals surface area (Å²) < 4.78 is 15.4. The topological polar surface area (TPSA) is 70.8 Å². The molecule has 0 aliphatic carbocycles. The molecule has 0 aromatic heterocycles. The molecule has 0 bridgehead atoms. The van der Waals surface area contributed by atoms with Crippen molar-refractivity contribution in [2.24, 2.45) is 5.73 Å². The first-order valence-corrected chi connectivity index (χ1v) is 7.48. The molecule has 2 N–H and O–H groups in total. The van der Waals surface area contributed by atoms with Crippen molar-refractivity contribution in [2.45, 2.75) is 18.7 Å². The fourth-order valence-electron chi connectivity index (χ4n) is 1.61. The predicted molar refractivity (Wildman–Crippen MR) is 80.3 cm³/mol. The molecule has 1 aromatic carbocycles. The molecule has 0 saturated carbocycles. The summed E-state index contributed by atoms with van der Waals surface area (Å²) in [5, 5.41) is 0. The summed E-state index contributed by atoms with van der Waals surface area (Å²) in [7, 11) is 3.25. The highest BCUT2D eigenvalue weighted by Gasteiger charge is 2.15. The van der Waals surface area contributed by atoms with Crippen molar-refractivity contribution in [1.82, 2.24) is 0 Å². The minimum atomic E-state index is -0.600. The molecule has 0 aliphatic heterocycles. The van der Waals surface area contributed by atoms with Crippen LogP contribution < -0.4 is 15.2 Å². The Morgan fingerprint density at radius 3 is 2.70 bits per heavy atom. The van der Waals surface area contributed by atoms with Crippen molar-refractivity contribution in [1.29, 1.82) is 0 Å². The Kier molecular flexibility index (Phi) is 7.25. The van der Waals surface area contributed by atoms with Crippen LogP contribution in [0.2, 0.25) is 0 Å². The number of hydrogen-bond acceptors (Lipinski definition) is 6. The van der Waals surface area contributed by atoms with Crippen LogP contribution in [0.15, 0.2) is 18.2 Å². The second-order valence-corrected chi connectivity index (χ2v) is 5.08. The molecule has 0 spiro atoms. The van der Waals surface area contributed by atoms with E-state index < -0.39 is 6.04 Å². The van der Waals surface area contributed by atoms with Crippen LogP contribution >= 0.6 is 11.8 Å². The number of methoxy groups -OCH3 is 2. The second-order valence-electron chi connectivity index (χ2n) is 4.05. The average Bonchev–Trinajstić information content (AvgIpc) is 2.47. The largest absolute Gasteiger partial charge is 0.497 e. The smallest absolute Gasteiger partial charge is 0.323 e. The molecule has 0 radical (unpaired) electrons. The van der Waals surface area contributed by atoms with Gasteiger partial charge in [0.15, 0.2) is 0 Å². The number of thioether (sulfide) groups is 1. The van der Waals surface area contributed by atoms with Crippen LogP contribution in [-0.4, -0.2) is 38.6 Å². The molecule has 0 heterocycles. The second kappa shape index (κ2) is 8.71. The first-order valence-electron chi connectivity index (χ1n) is 6.33. The molecule has 0 saturated heterocycles. The highest BCUT2D eigenvalue weighted by atomic mass is 32.2. The van der Waals surface area contributed by atoms with E-state index in [1.54, 1.807) is 32.9 Å². The summed E-state index contributed by atoms with van der Waals surface area (Å²) in [6.07, 6.45) is 0. The van der Waals surface area contributed by atoms with Crippen LogP contribution in [0, 0.1) is 0 Å². The van der Waals surface area contributed by atoms with Crippen LogP contribution in [0.1, 0.15) is 12.5 Å². The van der Waals surface area contributed by atoms with E-state index in [1.165, 1.54) is 0 Å². The van der Waals surface area contributed by atoms with Crippen molar-refractivity contribution >= 4 is 17.7 Å². The summed E-state index contributed by atoms with van der Waals surface area (Å²) in [5.41, 5.74) is 6.75. The van der Waals surface area contributed by atoms with Gasteiger partial charge in [0.2, 0.25) is 0 Å². The fraction of sp³-hybridized carbons (Fsp3) is 0.500. The van der Waals surface area contributed by atoms with Gasteiger partial charge in [-0.05, 0) is 25.1 Å². The van der Waals surface area contributed by atoms with Gasteiger partial charge in [0.05, 0.1) is 20.8 Å². The number of carbonyl (C=O) groups excluding carboxylic acids is 1. The van der Waals surface area contributed by atoms with Gasteiger partial charge in [0, 0.05) is 17.1 Å². The SMILES string of the molecule is CCOC(=O)C(N)CSCc1cc(OC)ccc1OC. The standard InChI is InChI=1S/C14H21NO4S/c1-4-19-14(16)12(15)9-20-8-10-7-11(17-2)5-6-13(10)18-3/h5-7,12H,4,8-9,15H2,1-3H3. The van der Waals surface area contributed by atoms with Gasteiger partial charge in [-0.2, -0.15) is 11.8 Å². The Morgan fingerprint density at radius 2 is 2.10 bits per heavy atom. The molecule has 20 heavy (non-hydrogen) atoms. The Hall–Kier alpha value is -1.40. The lowest BCUT2D eigenvalue weighted by molar-refractivity contribution is -0.144. The minimum absolute atomic E-state index is 0.348. The van der Waals surface area contributed by atoms with E-state index in [0.29, 0.717) is 18.1 Å². The highest BCUT2D eigenvalue weighted by molar-refractivity contribution is 7.98. The number of esters is 1. The van der Waals surface area contributed by atoms with Gasteiger partial charge in [0.1, 0.15) is 17.5 Å². The van der Waals surface area contributed by atoms with E-state index in [-0.39, 0.29) is 5.97 Å². The maximum absolute atomic E-state index is 11.4. The molecule has 0 amide bonds. The molecule has 5 nitrogen and oxygen atoms in total. The Labute approximate surface area is 123 Å². The molecule has 1 rings (SSSR count). The van der Waals surface area contributed by atoms with E-state index in [1.807, 2.05) is 18.2 Å². The zero-order valence-corrected chi connectivity index (χ0v) is 12.9. The molecule has 1 atom stereocenters. The Morgan fingerprint density at radius 1 is 1.35 bits per heavy atom. The number of carbonyl (C=O) groups is 1. The van der Waals surface area contributed by atoms with Gasteiger partial charge in [-0.25, -0.2) is 0 Å². The molecule has 0 fully saturated rings. The van der Waals surface area contributed by atoms with Crippen molar-refractivity contribution in [3.8, 4) is 11.5 Å². The zero-order chi connectivity index (χ0) is 15.0. The van der Waals surface area contributed by atoms with Crippen molar-refractivity contribution in [2.75, 3.05) is 26.6 Å². The lowest BCUT2D eigenvalue weighted by Crippen LogP contribution is -2.34. The van der Waals surface area contributed by atoms with Crippen LogP contribution in [0.25, 0.3) is 0 Å². The number of nitrogens with two attached hydrogens (primary N) is 1.